The van der Waals surface area contributed by atoms with Crippen LogP contribution >= 0.6 is 0 Å². The predicted molar refractivity (Wildman–Crippen MR) is 90.3 cm³/mol. The van der Waals surface area contributed by atoms with Crippen molar-refractivity contribution in [3.8, 4) is 5.75 Å². The van der Waals surface area contributed by atoms with E-state index < -0.39 is 20.0 Å². The second-order valence-corrected chi connectivity index (χ2v) is 9.17. The minimum atomic E-state index is -3.67. The zero-order chi connectivity index (χ0) is 17.8. The Morgan fingerprint density at radius 3 is 2.38 bits per heavy atom. The monoisotopic (exact) mass is 378 g/mol. The molecule has 24 heavy (non-hydrogen) atoms. The maximum atomic E-state index is 12.6. The average molecular weight is 378 g/mol. The number of rotatable bonds is 8. The highest BCUT2D eigenvalue weighted by molar-refractivity contribution is 7.92. The molecule has 0 aliphatic carbocycles. The van der Waals surface area contributed by atoms with Crippen LogP contribution in [0.15, 0.2) is 23.1 Å². The third-order valence-electron chi connectivity index (χ3n) is 3.70. The van der Waals surface area contributed by atoms with Gasteiger partial charge in [0.15, 0.2) is 0 Å². The van der Waals surface area contributed by atoms with Crippen LogP contribution in [0, 0.1) is 0 Å². The third-order valence-corrected chi connectivity index (χ3v) is 6.83. The fourth-order valence-corrected chi connectivity index (χ4v) is 4.94. The molecule has 1 aliphatic heterocycles. The lowest BCUT2D eigenvalue weighted by Crippen LogP contribution is -2.28. The van der Waals surface area contributed by atoms with E-state index in [9.17, 15) is 16.8 Å². The van der Waals surface area contributed by atoms with Crippen LogP contribution in [0.2, 0.25) is 0 Å². The van der Waals surface area contributed by atoms with Crippen molar-refractivity contribution >= 4 is 25.7 Å². The van der Waals surface area contributed by atoms with E-state index in [1.54, 1.807) is 0 Å². The van der Waals surface area contributed by atoms with Gasteiger partial charge in [-0.1, -0.05) is 0 Å². The van der Waals surface area contributed by atoms with Crippen LogP contribution in [0.4, 0.5) is 5.69 Å². The van der Waals surface area contributed by atoms with Crippen LogP contribution < -0.4 is 9.46 Å². The molecule has 2 rings (SSSR count). The van der Waals surface area contributed by atoms with Crippen LogP contribution in [0.5, 0.6) is 5.75 Å². The van der Waals surface area contributed by atoms with Crippen molar-refractivity contribution in [1.29, 1.82) is 0 Å². The summed E-state index contributed by atoms with van der Waals surface area (Å²) in [7, 11) is -4.53. The van der Waals surface area contributed by atoms with Gasteiger partial charge in [0.2, 0.25) is 20.0 Å². The lowest BCUT2D eigenvalue weighted by molar-refractivity contribution is 0.217. The van der Waals surface area contributed by atoms with Gasteiger partial charge in [0, 0.05) is 20.2 Å². The largest absolute Gasteiger partial charge is 0.495 e. The number of hydrogen-bond acceptors (Lipinski definition) is 6. The van der Waals surface area contributed by atoms with Gasteiger partial charge in [0.1, 0.15) is 5.75 Å². The Labute approximate surface area is 142 Å². The number of anilines is 1. The van der Waals surface area contributed by atoms with E-state index in [0.29, 0.717) is 13.1 Å². The predicted octanol–water partition coefficient (Wildman–Crippen LogP) is 0.868. The SMILES string of the molecule is COCCS(=O)(=O)Nc1cc(S(=O)(=O)N2CCCC2)ccc1OC. The van der Waals surface area contributed by atoms with Crippen molar-refractivity contribution in [3.05, 3.63) is 18.2 Å². The number of ether oxygens (including phenoxy) is 2. The normalized spacial score (nSPS) is 16.2. The van der Waals surface area contributed by atoms with Crippen molar-refractivity contribution in [3.63, 3.8) is 0 Å². The highest BCUT2D eigenvalue weighted by Gasteiger charge is 2.28. The molecule has 1 aliphatic rings. The summed E-state index contributed by atoms with van der Waals surface area (Å²) in [4.78, 5) is 0.0367. The number of nitrogens with one attached hydrogen (secondary N) is 1. The minimum Gasteiger partial charge on any atom is -0.495 e. The van der Waals surface area contributed by atoms with E-state index in [1.807, 2.05) is 0 Å². The Kier molecular flexibility index (Phi) is 6.07. The second kappa shape index (κ2) is 7.68. The van der Waals surface area contributed by atoms with Gasteiger partial charge in [-0.25, -0.2) is 16.8 Å². The van der Waals surface area contributed by atoms with Crippen LogP contribution in [0.3, 0.4) is 0 Å². The first-order valence-electron chi connectivity index (χ1n) is 7.48. The van der Waals surface area contributed by atoms with Crippen molar-refractivity contribution < 1.29 is 26.3 Å². The van der Waals surface area contributed by atoms with Gasteiger partial charge in [0.05, 0.1) is 30.1 Å². The molecule has 0 saturated carbocycles. The molecule has 1 saturated heterocycles. The molecule has 1 aromatic carbocycles. The number of sulfonamides is 2. The second-order valence-electron chi connectivity index (χ2n) is 5.39. The summed E-state index contributed by atoms with van der Waals surface area (Å²) in [6.45, 7) is 0.982. The molecular formula is C14H22N2O6S2. The van der Waals surface area contributed by atoms with E-state index in [-0.39, 0.29) is 28.7 Å². The van der Waals surface area contributed by atoms with Gasteiger partial charge in [0.25, 0.3) is 0 Å². The molecule has 8 nitrogen and oxygen atoms in total. The van der Waals surface area contributed by atoms with E-state index in [2.05, 4.69) is 4.72 Å². The zero-order valence-electron chi connectivity index (χ0n) is 13.7. The molecule has 1 aromatic rings. The molecule has 0 unspecified atom stereocenters. The van der Waals surface area contributed by atoms with Crippen LogP contribution in [-0.4, -0.2) is 60.8 Å². The number of benzene rings is 1. The molecule has 136 valence electrons. The maximum Gasteiger partial charge on any atom is 0.243 e. The molecule has 10 heteroatoms. The van der Waals surface area contributed by atoms with Crippen molar-refractivity contribution in [2.24, 2.45) is 0 Å². The summed E-state index contributed by atoms with van der Waals surface area (Å²) in [5.74, 6) is 0.00631. The van der Waals surface area contributed by atoms with Gasteiger partial charge >= 0.3 is 0 Å². The summed E-state index contributed by atoms with van der Waals surface area (Å²) in [6, 6.07) is 4.15. The van der Waals surface area contributed by atoms with Gasteiger partial charge in [-0.15, -0.1) is 0 Å². The Bertz CT molecular complexity index is 770. The summed E-state index contributed by atoms with van der Waals surface area (Å²) >= 11 is 0. The summed E-state index contributed by atoms with van der Waals surface area (Å²) in [6.07, 6.45) is 1.65. The van der Waals surface area contributed by atoms with Gasteiger partial charge in [-0.2, -0.15) is 4.31 Å². The molecule has 0 aromatic heterocycles. The van der Waals surface area contributed by atoms with Crippen LogP contribution in [-0.2, 0) is 24.8 Å². The summed E-state index contributed by atoms with van der Waals surface area (Å²) < 4.78 is 62.9. The average Bonchev–Trinajstić information content (AvgIpc) is 3.08. The molecule has 0 atom stereocenters. The third kappa shape index (κ3) is 4.38. The lowest BCUT2D eigenvalue weighted by Gasteiger charge is -2.18. The van der Waals surface area contributed by atoms with E-state index in [0.717, 1.165) is 12.8 Å². The first kappa shape index (κ1) is 19.0. The van der Waals surface area contributed by atoms with Crippen molar-refractivity contribution in [2.75, 3.05) is 44.4 Å². The van der Waals surface area contributed by atoms with Crippen LogP contribution in [0.1, 0.15) is 12.8 Å². The Balaban J connectivity index is 2.34. The summed E-state index contributed by atoms with van der Waals surface area (Å²) in [5.41, 5.74) is 0.0916. The Morgan fingerprint density at radius 2 is 1.79 bits per heavy atom. The fraction of sp³-hybridized carbons (Fsp3) is 0.571. The zero-order valence-corrected chi connectivity index (χ0v) is 15.3. The molecule has 0 spiro atoms. The molecule has 0 bridgehead atoms. The van der Waals surface area contributed by atoms with Crippen molar-refractivity contribution in [2.45, 2.75) is 17.7 Å². The summed E-state index contributed by atoms with van der Waals surface area (Å²) in [5, 5.41) is 0. The lowest BCUT2D eigenvalue weighted by atomic mass is 10.3. The maximum absolute atomic E-state index is 12.6. The topological polar surface area (TPSA) is 102 Å². The Morgan fingerprint density at radius 1 is 1.12 bits per heavy atom. The molecule has 0 radical (unpaired) electrons. The van der Waals surface area contributed by atoms with E-state index >= 15 is 0 Å². The first-order chi connectivity index (χ1) is 11.3. The highest BCUT2D eigenvalue weighted by Crippen LogP contribution is 2.30. The number of hydrogen-bond donors (Lipinski definition) is 1. The molecular weight excluding hydrogens is 356 g/mol. The van der Waals surface area contributed by atoms with Crippen LogP contribution in [0.25, 0.3) is 0 Å². The Hall–Kier alpha value is -1.36. The molecule has 1 heterocycles. The highest BCUT2D eigenvalue weighted by atomic mass is 32.2. The van der Waals surface area contributed by atoms with Gasteiger partial charge < -0.3 is 9.47 Å². The minimum absolute atomic E-state index is 0.0312. The van der Waals surface area contributed by atoms with Gasteiger partial charge in [-0.3, -0.25) is 4.72 Å². The molecule has 1 N–H and O–H groups in total. The molecule has 0 amide bonds. The van der Waals surface area contributed by atoms with Gasteiger partial charge in [-0.05, 0) is 31.0 Å². The van der Waals surface area contributed by atoms with E-state index in [4.69, 9.17) is 9.47 Å². The quantitative estimate of drug-likeness (QED) is 0.720. The number of methoxy groups -OCH3 is 2. The van der Waals surface area contributed by atoms with Crippen molar-refractivity contribution in [1.82, 2.24) is 4.31 Å². The first-order valence-corrected chi connectivity index (χ1v) is 10.6. The number of nitrogens with zero attached hydrogens (tertiary/aromatic N) is 1. The standard InChI is InChI=1S/C14H22N2O6S2/c1-21-9-10-23(17,18)15-13-11-12(5-6-14(13)22-2)24(19,20)16-7-3-4-8-16/h5-6,11,15H,3-4,7-10H2,1-2H3. The van der Waals surface area contributed by atoms with E-state index in [1.165, 1.54) is 36.7 Å². The molecule has 1 fully saturated rings. The fourth-order valence-electron chi connectivity index (χ4n) is 2.42. The smallest absolute Gasteiger partial charge is 0.243 e.